The molecule has 0 spiro atoms. The summed E-state index contributed by atoms with van der Waals surface area (Å²) in [5.41, 5.74) is 1.19. The molecule has 8 nitrogen and oxygen atoms in total. The number of ether oxygens (including phenoxy) is 2. The summed E-state index contributed by atoms with van der Waals surface area (Å²) in [6, 6.07) is 15.1. The maximum absolute atomic E-state index is 12.6. The lowest BCUT2D eigenvalue weighted by molar-refractivity contribution is -0.159. The highest BCUT2D eigenvalue weighted by Gasteiger charge is 2.38. The van der Waals surface area contributed by atoms with Gasteiger partial charge in [0.05, 0.1) is 19.2 Å². The number of aromatic nitrogens is 3. The molecule has 0 aliphatic heterocycles. The highest BCUT2D eigenvalue weighted by Crippen LogP contribution is 2.30. The molecular formula is C23H19F3N4O4. The van der Waals surface area contributed by atoms with Gasteiger partial charge in [-0.1, -0.05) is 17.3 Å². The van der Waals surface area contributed by atoms with Crippen molar-refractivity contribution in [1.29, 1.82) is 0 Å². The Bertz CT molecular complexity index is 1310. The van der Waals surface area contributed by atoms with Gasteiger partial charge >= 0.3 is 12.1 Å². The highest BCUT2D eigenvalue weighted by atomic mass is 19.4. The molecule has 0 saturated carbocycles. The van der Waals surface area contributed by atoms with Crippen LogP contribution in [-0.2, 0) is 6.18 Å². The molecule has 0 fully saturated rings. The molecule has 4 aromatic rings. The van der Waals surface area contributed by atoms with Crippen LogP contribution in [0.3, 0.4) is 0 Å². The van der Waals surface area contributed by atoms with E-state index in [9.17, 15) is 18.0 Å². The normalized spacial score (nSPS) is 12.4. The van der Waals surface area contributed by atoms with Crippen molar-refractivity contribution in [1.82, 2.24) is 20.4 Å². The Morgan fingerprint density at radius 2 is 1.85 bits per heavy atom. The fourth-order valence-corrected chi connectivity index (χ4v) is 3.17. The van der Waals surface area contributed by atoms with Crippen LogP contribution in [-0.4, -0.2) is 40.8 Å². The minimum absolute atomic E-state index is 0.183. The largest absolute Gasteiger partial charge is 0.496 e. The van der Waals surface area contributed by atoms with E-state index in [0.717, 1.165) is 5.39 Å². The van der Waals surface area contributed by atoms with Crippen molar-refractivity contribution >= 4 is 16.8 Å². The van der Waals surface area contributed by atoms with Gasteiger partial charge in [-0.25, -0.2) is 4.98 Å². The molecule has 1 amide bonds. The molecule has 34 heavy (non-hydrogen) atoms. The van der Waals surface area contributed by atoms with Crippen molar-refractivity contribution in [3.63, 3.8) is 0 Å². The summed E-state index contributed by atoms with van der Waals surface area (Å²) in [7, 11) is 1.53. The summed E-state index contributed by atoms with van der Waals surface area (Å²) in [5.74, 6) is -0.977. The van der Waals surface area contributed by atoms with Crippen molar-refractivity contribution < 1.29 is 32.0 Å². The van der Waals surface area contributed by atoms with Crippen LogP contribution in [0, 0.1) is 0 Å². The number of halogens is 3. The Balaban J connectivity index is 1.36. The Labute approximate surface area is 191 Å². The molecule has 2 aromatic heterocycles. The standard InChI is InChI=1S/C23H19F3N4O4/c1-13(12-27-21(31)18-11-19(32-2)16-5-3-4-6-17(16)28-18)33-15-9-7-14(8-10-15)20-29-22(34-30-20)23(24,25)26/h3-11,13H,12H2,1-2H3,(H,27,31). The van der Waals surface area contributed by atoms with E-state index in [1.54, 1.807) is 31.2 Å². The number of para-hydroxylation sites is 1. The van der Waals surface area contributed by atoms with Gasteiger partial charge in [0.2, 0.25) is 5.82 Å². The number of amides is 1. The third-order valence-electron chi connectivity index (χ3n) is 4.80. The lowest BCUT2D eigenvalue weighted by Crippen LogP contribution is -2.34. The minimum Gasteiger partial charge on any atom is -0.496 e. The number of alkyl halides is 3. The van der Waals surface area contributed by atoms with Gasteiger partial charge in [0.15, 0.2) is 0 Å². The second kappa shape index (κ2) is 9.38. The van der Waals surface area contributed by atoms with E-state index in [1.165, 1.54) is 19.2 Å². The molecule has 4 rings (SSSR count). The molecule has 0 aliphatic carbocycles. The van der Waals surface area contributed by atoms with Crippen molar-refractivity contribution in [2.45, 2.75) is 19.2 Å². The summed E-state index contributed by atoms with van der Waals surface area (Å²) in [5, 5.41) is 6.91. The molecular weight excluding hydrogens is 453 g/mol. The number of nitrogens with zero attached hydrogens (tertiary/aromatic N) is 3. The highest BCUT2D eigenvalue weighted by molar-refractivity contribution is 5.97. The summed E-state index contributed by atoms with van der Waals surface area (Å²) in [4.78, 5) is 20.3. The second-order valence-corrected chi connectivity index (χ2v) is 7.31. The lowest BCUT2D eigenvalue weighted by atomic mass is 10.1. The number of benzene rings is 2. The van der Waals surface area contributed by atoms with Gasteiger partial charge in [0.1, 0.15) is 23.3 Å². The summed E-state index contributed by atoms with van der Waals surface area (Å²) in [6.45, 7) is 1.95. The molecule has 11 heteroatoms. The quantitative estimate of drug-likeness (QED) is 0.423. The van der Waals surface area contributed by atoms with E-state index in [4.69, 9.17) is 9.47 Å². The number of carbonyl (C=O) groups is 1. The first-order valence-electron chi connectivity index (χ1n) is 10.1. The van der Waals surface area contributed by atoms with Gasteiger partial charge in [-0.3, -0.25) is 4.79 Å². The van der Waals surface area contributed by atoms with Crippen LogP contribution in [0.4, 0.5) is 13.2 Å². The van der Waals surface area contributed by atoms with Gasteiger partial charge in [0.25, 0.3) is 5.91 Å². The molecule has 176 valence electrons. The maximum Gasteiger partial charge on any atom is 0.471 e. The average molecular weight is 472 g/mol. The second-order valence-electron chi connectivity index (χ2n) is 7.31. The van der Waals surface area contributed by atoms with E-state index in [0.29, 0.717) is 22.6 Å². The number of nitrogens with one attached hydrogen (secondary N) is 1. The third kappa shape index (κ3) is 5.08. The van der Waals surface area contributed by atoms with Crippen LogP contribution < -0.4 is 14.8 Å². The number of hydrogen-bond acceptors (Lipinski definition) is 7. The Morgan fingerprint density at radius 1 is 1.12 bits per heavy atom. The van der Waals surface area contributed by atoms with Gasteiger partial charge < -0.3 is 19.3 Å². The zero-order valence-electron chi connectivity index (χ0n) is 18.1. The fraction of sp³-hybridized carbons (Fsp3) is 0.217. The third-order valence-corrected chi connectivity index (χ3v) is 4.80. The Hall–Kier alpha value is -4.15. The SMILES string of the molecule is COc1cc(C(=O)NCC(C)Oc2ccc(-c3noc(C(F)(F)F)n3)cc2)nc2ccccc12. The molecule has 0 aliphatic rings. The van der Waals surface area contributed by atoms with Crippen LogP contribution in [0.25, 0.3) is 22.3 Å². The van der Waals surface area contributed by atoms with Crippen molar-refractivity contribution in [2.24, 2.45) is 0 Å². The lowest BCUT2D eigenvalue weighted by Gasteiger charge is -2.16. The first-order chi connectivity index (χ1) is 16.2. The average Bonchev–Trinajstić information content (AvgIpc) is 3.33. The van der Waals surface area contributed by atoms with Crippen molar-refractivity contribution in [2.75, 3.05) is 13.7 Å². The number of rotatable bonds is 7. The summed E-state index contributed by atoms with van der Waals surface area (Å²) < 4.78 is 53.2. The summed E-state index contributed by atoms with van der Waals surface area (Å²) >= 11 is 0. The van der Waals surface area contributed by atoms with Gasteiger partial charge in [-0.15, -0.1) is 0 Å². The minimum atomic E-state index is -4.71. The molecule has 1 N–H and O–H groups in total. The number of fused-ring (bicyclic) bond motifs is 1. The van der Waals surface area contributed by atoms with Gasteiger partial charge in [0, 0.05) is 17.0 Å². The predicted octanol–water partition coefficient (Wildman–Crippen LogP) is 4.51. The molecule has 2 aromatic carbocycles. The Kier molecular flexibility index (Phi) is 6.35. The zero-order valence-corrected chi connectivity index (χ0v) is 18.1. The van der Waals surface area contributed by atoms with Crippen molar-refractivity contribution in [3.05, 3.63) is 66.2 Å². The van der Waals surface area contributed by atoms with E-state index in [-0.39, 0.29) is 24.0 Å². The van der Waals surface area contributed by atoms with Gasteiger partial charge in [-0.05, 0) is 43.3 Å². The number of methoxy groups -OCH3 is 1. The molecule has 0 saturated heterocycles. The van der Waals surface area contributed by atoms with Gasteiger partial charge in [-0.2, -0.15) is 18.2 Å². The number of hydrogen-bond donors (Lipinski definition) is 1. The number of carbonyl (C=O) groups excluding carboxylic acids is 1. The predicted molar refractivity (Wildman–Crippen MR) is 115 cm³/mol. The first kappa shape index (κ1) is 23.0. The van der Waals surface area contributed by atoms with E-state index < -0.39 is 18.2 Å². The summed E-state index contributed by atoms with van der Waals surface area (Å²) in [6.07, 6.45) is -5.11. The van der Waals surface area contributed by atoms with Crippen LogP contribution in [0.15, 0.2) is 59.1 Å². The van der Waals surface area contributed by atoms with Crippen LogP contribution in [0.2, 0.25) is 0 Å². The van der Waals surface area contributed by atoms with E-state index in [2.05, 4.69) is 25.0 Å². The number of pyridine rings is 1. The maximum atomic E-state index is 12.6. The molecule has 1 atom stereocenters. The van der Waals surface area contributed by atoms with Crippen LogP contribution in [0.1, 0.15) is 23.3 Å². The van der Waals surface area contributed by atoms with E-state index in [1.807, 2.05) is 18.2 Å². The molecule has 0 bridgehead atoms. The van der Waals surface area contributed by atoms with Crippen LogP contribution >= 0.6 is 0 Å². The molecule has 2 heterocycles. The topological polar surface area (TPSA) is 99.4 Å². The molecule has 1 unspecified atom stereocenters. The fourth-order valence-electron chi connectivity index (χ4n) is 3.17. The molecule has 0 radical (unpaired) electrons. The van der Waals surface area contributed by atoms with E-state index >= 15 is 0 Å². The Morgan fingerprint density at radius 3 is 2.53 bits per heavy atom. The van der Waals surface area contributed by atoms with Crippen LogP contribution in [0.5, 0.6) is 11.5 Å². The first-order valence-corrected chi connectivity index (χ1v) is 10.1. The smallest absolute Gasteiger partial charge is 0.471 e. The zero-order chi connectivity index (χ0) is 24.3. The van der Waals surface area contributed by atoms with Crippen molar-refractivity contribution in [3.8, 4) is 22.9 Å². The monoisotopic (exact) mass is 472 g/mol.